The van der Waals surface area contributed by atoms with Crippen molar-refractivity contribution in [2.45, 2.75) is 26.2 Å². The second kappa shape index (κ2) is 6.68. The Kier molecular flexibility index (Phi) is 4.59. The number of allylic oxidation sites excluding steroid dienone is 1. The van der Waals surface area contributed by atoms with E-state index in [0.717, 1.165) is 5.56 Å². The van der Waals surface area contributed by atoms with Gasteiger partial charge in [0.1, 0.15) is 5.92 Å². The number of aliphatic imine (C=N–C) groups is 1. The number of carboxylic acids is 1. The van der Waals surface area contributed by atoms with Gasteiger partial charge in [0.15, 0.2) is 5.75 Å². The first-order valence-corrected chi connectivity index (χ1v) is 7.93. The van der Waals surface area contributed by atoms with Gasteiger partial charge in [-0.05, 0) is 25.5 Å². The number of ether oxygens (including phenoxy) is 1. The Bertz CT molecular complexity index is 795. The van der Waals surface area contributed by atoms with Crippen LogP contribution in [0.15, 0.2) is 34.5 Å². The highest BCUT2D eigenvalue weighted by Crippen LogP contribution is 2.41. The van der Waals surface area contributed by atoms with Crippen LogP contribution in [0.4, 0.5) is 0 Å². The molecule has 0 spiro atoms. The Morgan fingerprint density at radius 1 is 1.32 bits per heavy atom. The summed E-state index contributed by atoms with van der Waals surface area (Å²) in [7, 11) is 1.28. The summed E-state index contributed by atoms with van der Waals surface area (Å²) in [6.45, 7) is 3.78. The molecule has 25 heavy (non-hydrogen) atoms. The summed E-state index contributed by atoms with van der Waals surface area (Å²) in [6, 6.07) is 5.35. The van der Waals surface area contributed by atoms with E-state index in [1.54, 1.807) is 26.0 Å². The van der Waals surface area contributed by atoms with Gasteiger partial charge in [-0.3, -0.25) is 9.79 Å². The van der Waals surface area contributed by atoms with Crippen LogP contribution >= 0.6 is 0 Å². The molecule has 7 nitrogen and oxygen atoms in total. The lowest BCUT2D eigenvalue weighted by atomic mass is 9.75. The maximum atomic E-state index is 12.3. The summed E-state index contributed by atoms with van der Waals surface area (Å²) in [5.74, 6) is -2.60. The van der Waals surface area contributed by atoms with Crippen molar-refractivity contribution in [3.8, 4) is 5.75 Å². The number of carbonyl (C=O) groups excluding carboxylic acids is 1. The van der Waals surface area contributed by atoms with Gasteiger partial charge in [0.2, 0.25) is 0 Å². The number of esters is 1. The lowest BCUT2D eigenvalue weighted by molar-refractivity contribution is -0.215. The fourth-order valence-corrected chi connectivity index (χ4v) is 3.42. The predicted molar refractivity (Wildman–Crippen MR) is 88.4 cm³/mol. The van der Waals surface area contributed by atoms with Crippen molar-refractivity contribution >= 4 is 17.7 Å². The van der Waals surface area contributed by atoms with Crippen molar-refractivity contribution in [2.75, 3.05) is 13.7 Å². The van der Waals surface area contributed by atoms with Crippen molar-refractivity contribution in [3.05, 3.63) is 40.6 Å². The molecule has 2 unspecified atom stereocenters. The Labute approximate surface area is 144 Å². The van der Waals surface area contributed by atoms with Crippen LogP contribution in [-0.2, 0) is 25.6 Å². The van der Waals surface area contributed by atoms with Gasteiger partial charge < -0.3 is 14.7 Å². The summed E-state index contributed by atoms with van der Waals surface area (Å²) in [6.07, 6.45) is 0.650. The smallest absolute Gasteiger partial charge is 0.336 e. The second-order valence-corrected chi connectivity index (χ2v) is 6.06. The molecule has 1 N–H and O–H groups in total. The molecular weight excluding hydrogens is 326 g/mol. The van der Waals surface area contributed by atoms with Gasteiger partial charge in [-0.15, -0.1) is 0 Å². The highest BCUT2D eigenvalue weighted by Gasteiger charge is 2.41. The van der Waals surface area contributed by atoms with Crippen LogP contribution in [0.2, 0.25) is 0 Å². The van der Waals surface area contributed by atoms with Crippen LogP contribution in [0.3, 0.4) is 0 Å². The maximum absolute atomic E-state index is 12.3. The zero-order valence-electron chi connectivity index (χ0n) is 14.2. The summed E-state index contributed by atoms with van der Waals surface area (Å²) in [5, 5.41) is 9.74. The van der Waals surface area contributed by atoms with Gasteiger partial charge in [0, 0.05) is 29.3 Å². The molecule has 0 bridgehead atoms. The highest BCUT2D eigenvalue weighted by atomic mass is 17.2. The zero-order chi connectivity index (χ0) is 18.1. The van der Waals surface area contributed by atoms with Crippen molar-refractivity contribution in [2.24, 2.45) is 10.9 Å². The lowest BCUT2D eigenvalue weighted by Gasteiger charge is -2.31. The molecule has 2 aliphatic heterocycles. The topological polar surface area (TPSA) is 94.4 Å². The van der Waals surface area contributed by atoms with Crippen molar-refractivity contribution in [1.29, 1.82) is 0 Å². The SMILES string of the molecule is COC(=O)C1=C(C)N=C(C)C(C(=O)O)C1c1ccc2c(c1)CCOO2. The second-order valence-electron chi connectivity index (χ2n) is 6.06. The van der Waals surface area contributed by atoms with Crippen LogP contribution < -0.4 is 4.89 Å². The quantitative estimate of drug-likeness (QED) is 0.667. The molecule has 3 rings (SSSR count). The Morgan fingerprint density at radius 2 is 2.08 bits per heavy atom. The van der Waals surface area contributed by atoms with Crippen LogP contribution in [0.5, 0.6) is 5.75 Å². The minimum Gasteiger partial charge on any atom is -0.481 e. The molecule has 0 saturated heterocycles. The molecule has 1 aromatic carbocycles. The molecule has 0 fully saturated rings. The number of carbonyl (C=O) groups is 2. The zero-order valence-corrected chi connectivity index (χ0v) is 14.2. The van der Waals surface area contributed by atoms with E-state index in [4.69, 9.17) is 14.5 Å². The summed E-state index contributed by atoms with van der Waals surface area (Å²) in [4.78, 5) is 38.6. The first-order valence-electron chi connectivity index (χ1n) is 7.93. The molecule has 0 saturated carbocycles. The number of nitrogens with zero attached hydrogens (tertiary/aromatic N) is 1. The molecule has 132 valence electrons. The number of hydrogen-bond acceptors (Lipinski definition) is 6. The highest BCUT2D eigenvalue weighted by molar-refractivity contribution is 6.06. The molecular formula is C18H19NO6. The van der Waals surface area contributed by atoms with Crippen LogP contribution in [-0.4, -0.2) is 36.5 Å². The van der Waals surface area contributed by atoms with Crippen LogP contribution in [0.1, 0.15) is 30.9 Å². The minimum absolute atomic E-state index is 0.272. The van der Waals surface area contributed by atoms with E-state index < -0.39 is 23.8 Å². The molecule has 2 heterocycles. The van der Waals surface area contributed by atoms with Gasteiger partial charge in [0.25, 0.3) is 0 Å². The summed E-state index contributed by atoms with van der Waals surface area (Å²) < 4.78 is 4.88. The monoisotopic (exact) mass is 345 g/mol. The first-order chi connectivity index (χ1) is 11.9. The van der Waals surface area contributed by atoms with Crippen LogP contribution in [0.25, 0.3) is 0 Å². The van der Waals surface area contributed by atoms with E-state index >= 15 is 0 Å². The van der Waals surface area contributed by atoms with Crippen molar-refractivity contribution in [1.82, 2.24) is 0 Å². The molecule has 2 atom stereocenters. The van der Waals surface area contributed by atoms with E-state index in [9.17, 15) is 14.7 Å². The molecule has 0 amide bonds. The molecule has 0 radical (unpaired) electrons. The van der Waals surface area contributed by atoms with Crippen LogP contribution in [0, 0.1) is 5.92 Å². The number of hydrogen-bond donors (Lipinski definition) is 1. The third-order valence-electron chi connectivity index (χ3n) is 4.55. The van der Waals surface area contributed by atoms with Gasteiger partial charge >= 0.3 is 11.9 Å². The van der Waals surface area contributed by atoms with E-state index in [2.05, 4.69) is 4.99 Å². The molecule has 2 aliphatic rings. The summed E-state index contributed by atoms with van der Waals surface area (Å²) >= 11 is 0. The molecule has 0 aromatic heterocycles. The Hall–Kier alpha value is -2.67. The first kappa shape index (κ1) is 17.2. The van der Waals surface area contributed by atoms with Gasteiger partial charge in [-0.2, -0.15) is 4.89 Å². The Morgan fingerprint density at radius 3 is 2.76 bits per heavy atom. The predicted octanol–water partition coefficient (Wildman–Crippen LogP) is 2.26. The molecule has 0 aliphatic carbocycles. The van der Waals surface area contributed by atoms with Gasteiger partial charge in [-0.1, -0.05) is 12.1 Å². The fourth-order valence-electron chi connectivity index (χ4n) is 3.42. The number of aliphatic carboxylic acids is 1. The third kappa shape index (κ3) is 3.02. The lowest BCUT2D eigenvalue weighted by Crippen LogP contribution is -2.35. The number of fused-ring (bicyclic) bond motifs is 1. The van der Waals surface area contributed by atoms with Crippen molar-refractivity contribution in [3.63, 3.8) is 0 Å². The van der Waals surface area contributed by atoms with Gasteiger partial charge in [-0.25, -0.2) is 4.79 Å². The number of rotatable bonds is 3. The minimum atomic E-state index is -1.03. The number of benzene rings is 1. The van der Waals surface area contributed by atoms with Gasteiger partial charge in [0.05, 0.1) is 19.3 Å². The standard InChI is InChI=1S/C18H19NO6/c1-9-14(17(20)21)16(15(10(2)19-9)18(22)23-3)12-4-5-13-11(8-12)6-7-24-25-13/h4-5,8,14,16H,6-7H2,1-3H3,(H,20,21). The van der Waals surface area contributed by atoms with E-state index in [1.807, 2.05) is 6.07 Å². The average Bonchev–Trinajstić information content (AvgIpc) is 2.59. The maximum Gasteiger partial charge on any atom is 0.336 e. The number of methoxy groups -OCH3 is 1. The molecule has 1 aromatic rings. The normalized spacial score (nSPS) is 22.6. The largest absolute Gasteiger partial charge is 0.481 e. The third-order valence-corrected chi connectivity index (χ3v) is 4.55. The summed E-state index contributed by atoms with van der Waals surface area (Å²) in [5.41, 5.74) is 2.83. The molecule has 7 heteroatoms. The fraction of sp³-hybridized carbons (Fsp3) is 0.389. The number of carboxylic acid groups (broad SMARTS) is 1. The van der Waals surface area contributed by atoms with Crippen molar-refractivity contribution < 1.29 is 29.2 Å². The Balaban J connectivity index is 2.15. The van der Waals surface area contributed by atoms with E-state index in [1.165, 1.54) is 7.11 Å². The average molecular weight is 345 g/mol. The van der Waals surface area contributed by atoms with E-state index in [0.29, 0.717) is 35.7 Å². The van der Waals surface area contributed by atoms with E-state index in [-0.39, 0.29) is 5.57 Å².